The zero-order chi connectivity index (χ0) is 21.8. The average Bonchev–Trinajstić information content (AvgIpc) is 2.85. The van der Waals surface area contributed by atoms with Gasteiger partial charge in [-0.25, -0.2) is 0 Å². The molecule has 5 aromatic rings. The van der Waals surface area contributed by atoms with Crippen LogP contribution < -0.4 is 4.74 Å². The minimum Gasteiger partial charge on any atom is -0.457 e. The number of hydrogen-bond donors (Lipinski definition) is 0. The molecule has 0 fully saturated rings. The fraction of sp³-hybridized carbons (Fsp3) is 0.0323. The van der Waals surface area contributed by atoms with Gasteiger partial charge in [-0.15, -0.1) is 0 Å². The number of para-hydroxylation sites is 2. The molecule has 0 aliphatic rings. The topological polar surface area (TPSA) is 9.23 Å². The maximum absolute atomic E-state index is 6.22. The van der Waals surface area contributed by atoms with E-state index in [-0.39, 0.29) is 0 Å². The van der Waals surface area contributed by atoms with Crippen molar-refractivity contribution in [1.29, 1.82) is 0 Å². The molecule has 5 rings (SSSR count). The minimum atomic E-state index is 0.832. The van der Waals surface area contributed by atoms with Gasteiger partial charge in [0.2, 0.25) is 0 Å². The predicted octanol–water partition coefficient (Wildman–Crippen LogP) is 8.53. The van der Waals surface area contributed by atoms with Crippen molar-refractivity contribution in [3.63, 3.8) is 0 Å². The molecule has 0 spiro atoms. The molecule has 0 aliphatic carbocycles. The Morgan fingerprint density at radius 1 is 0.656 bits per heavy atom. The molecule has 0 heterocycles. The van der Waals surface area contributed by atoms with Crippen molar-refractivity contribution in [3.05, 3.63) is 139 Å². The van der Waals surface area contributed by atoms with Crippen molar-refractivity contribution in [2.24, 2.45) is 0 Å². The van der Waals surface area contributed by atoms with Gasteiger partial charge in [0, 0.05) is 5.56 Å². The first-order valence-electron chi connectivity index (χ1n) is 10.9. The Morgan fingerprint density at radius 2 is 1.41 bits per heavy atom. The lowest BCUT2D eigenvalue weighted by Gasteiger charge is -2.14. The molecule has 0 unspecified atom stereocenters. The maximum atomic E-state index is 6.22. The van der Waals surface area contributed by atoms with Crippen LogP contribution in [0.25, 0.3) is 28.0 Å². The van der Waals surface area contributed by atoms with E-state index in [1.807, 2.05) is 48.5 Å². The lowest BCUT2D eigenvalue weighted by molar-refractivity contribution is 0.484. The summed E-state index contributed by atoms with van der Waals surface area (Å²) in [5, 5.41) is 2.56. The van der Waals surface area contributed by atoms with E-state index in [0.717, 1.165) is 34.6 Å². The number of ether oxygens (including phenoxy) is 1. The summed E-state index contributed by atoms with van der Waals surface area (Å²) in [6.07, 6.45) is 2.79. The molecule has 0 atom stereocenters. The number of fused-ring (bicyclic) bond motifs is 1. The van der Waals surface area contributed by atoms with Crippen molar-refractivity contribution in [1.82, 2.24) is 0 Å². The summed E-state index contributed by atoms with van der Waals surface area (Å²) < 4.78 is 6.22. The van der Waals surface area contributed by atoms with Crippen LogP contribution in [0.5, 0.6) is 11.5 Å². The number of rotatable bonds is 6. The maximum Gasteiger partial charge on any atom is 0.135 e. The molecule has 1 nitrogen and oxygen atoms in total. The van der Waals surface area contributed by atoms with Crippen LogP contribution in [0, 0.1) is 0 Å². The van der Waals surface area contributed by atoms with Gasteiger partial charge in [0.25, 0.3) is 0 Å². The Kier molecular flexibility index (Phi) is 5.55. The van der Waals surface area contributed by atoms with Crippen LogP contribution in [-0.2, 0) is 6.42 Å². The number of benzene rings is 5. The monoisotopic (exact) mass is 412 g/mol. The van der Waals surface area contributed by atoms with Crippen LogP contribution in [0.15, 0.2) is 122 Å². The third-order valence-electron chi connectivity index (χ3n) is 5.79. The van der Waals surface area contributed by atoms with E-state index in [9.17, 15) is 0 Å². The molecule has 0 bridgehead atoms. The van der Waals surface area contributed by atoms with Gasteiger partial charge in [0.05, 0.1) is 0 Å². The van der Waals surface area contributed by atoms with Gasteiger partial charge in [0.1, 0.15) is 11.5 Å². The Morgan fingerprint density at radius 3 is 2.28 bits per heavy atom. The minimum absolute atomic E-state index is 0.832. The SMILES string of the molecule is C=Cc1ccc(-c2ccccc2Oc2ccccc2)cc1Cc1cccc2ccccc12. The Balaban J connectivity index is 1.55. The Bertz CT molecular complexity index is 1380. The molecule has 0 saturated carbocycles. The van der Waals surface area contributed by atoms with E-state index in [1.54, 1.807) is 0 Å². The molecule has 5 aromatic carbocycles. The van der Waals surface area contributed by atoms with Crippen molar-refractivity contribution in [2.45, 2.75) is 6.42 Å². The molecule has 154 valence electrons. The standard InChI is InChI=1S/C31H24O/c1-2-23-19-20-26(30-17-8-9-18-31(30)32-28-14-4-3-5-15-28)22-27(23)21-25-13-10-12-24-11-6-7-16-29(24)25/h2-20,22H,1,21H2. The van der Waals surface area contributed by atoms with Crippen molar-refractivity contribution >= 4 is 16.8 Å². The molecular formula is C31H24O. The van der Waals surface area contributed by atoms with E-state index in [2.05, 4.69) is 79.4 Å². The fourth-order valence-electron chi connectivity index (χ4n) is 4.19. The first kappa shape index (κ1) is 19.8. The summed E-state index contributed by atoms with van der Waals surface area (Å²) in [5.74, 6) is 1.68. The quantitative estimate of drug-likeness (QED) is 0.271. The summed E-state index contributed by atoms with van der Waals surface area (Å²) in [6, 6.07) is 39.8. The zero-order valence-electron chi connectivity index (χ0n) is 17.9. The second-order valence-electron chi connectivity index (χ2n) is 7.84. The van der Waals surface area contributed by atoms with Gasteiger partial charge in [-0.2, -0.15) is 0 Å². The van der Waals surface area contributed by atoms with Crippen LogP contribution in [0.4, 0.5) is 0 Å². The third kappa shape index (κ3) is 4.06. The van der Waals surface area contributed by atoms with Crippen molar-refractivity contribution in [3.8, 4) is 22.6 Å². The van der Waals surface area contributed by atoms with Gasteiger partial charge in [-0.1, -0.05) is 110 Å². The molecule has 0 saturated heterocycles. The summed E-state index contributed by atoms with van der Waals surface area (Å²) in [7, 11) is 0. The van der Waals surface area contributed by atoms with E-state index in [1.165, 1.54) is 21.9 Å². The summed E-state index contributed by atoms with van der Waals surface area (Å²) in [5.41, 5.74) is 5.94. The molecule has 1 heteroatoms. The van der Waals surface area contributed by atoms with Crippen molar-refractivity contribution in [2.75, 3.05) is 0 Å². The zero-order valence-corrected chi connectivity index (χ0v) is 17.9. The summed E-state index contributed by atoms with van der Waals surface area (Å²) >= 11 is 0. The summed E-state index contributed by atoms with van der Waals surface area (Å²) in [6.45, 7) is 4.05. The van der Waals surface area contributed by atoms with Gasteiger partial charge in [-0.05, 0) is 57.6 Å². The highest BCUT2D eigenvalue weighted by molar-refractivity contribution is 5.86. The summed E-state index contributed by atoms with van der Waals surface area (Å²) in [4.78, 5) is 0. The predicted molar refractivity (Wildman–Crippen MR) is 135 cm³/mol. The molecule has 0 amide bonds. The molecule has 0 aliphatic heterocycles. The lowest BCUT2D eigenvalue weighted by Crippen LogP contribution is -1.95. The first-order valence-corrected chi connectivity index (χ1v) is 10.9. The van der Waals surface area contributed by atoms with E-state index < -0.39 is 0 Å². The number of hydrogen-bond acceptors (Lipinski definition) is 1. The van der Waals surface area contributed by atoms with E-state index in [0.29, 0.717) is 0 Å². The van der Waals surface area contributed by atoms with E-state index in [4.69, 9.17) is 4.74 Å². The molecule has 0 aromatic heterocycles. The first-order chi connectivity index (χ1) is 15.8. The van der Waals surface area contributed by atoms with Crippen LogP contribution in [-0.4, -0.2) is 0 Å². The van der Waals surface area contributed by atoms with Crippen LogP contribution in [0.2, 0.25) is 0 Å². The molecular weight excluding hydrogens is 388 g/mol. The molecule has 0 radical (unpaired) electrons. The fourth-order valence-corrected chi connectivity index (χ4v) is 4.19. The second kappa shape index (κ2) is 8.95. The average molecular weight is 413 g/mol. The largest absolute Gasteiger partial charge is 0.457 e. The van der Waals surface area contributed by atoms with Gasteiger partial charge < -0.3 is 4.74 Å². The normalized spacial score (nSPS) is 10.8. The highest BCUT2D eigenvalue weighted by atomic mass is 16.5. The lowest BCUT2D eigenvalue weighted by atomic mass is 9.92. The third-order valence-corrected chi connectivity index (χ3v) is 5.79. The molecule has 0 N–H and O–H groups in total. The second-order valence-corrected chi connectivity index (χ2v) is 7.84. The van der Waals surface area contributed by atoms with Gasteiger partial charge >= 0.3 is 0 Å². The molecule has 32 heavy (non-hydrogen) atoms. The van der Waals surface area contributed by atoms with Crippen molar-refractivity contribution < 1.29 is 4.74 Å². The van der Waals surface area contributed by atoms with E-state index >= 15 is 0 Å². The highest BCUT2D eigenvalue weighted by Gasteiger charge is 2.11. The Labute approximate surface area is 189 Å². The Hall–Kier alpha value is -4.10. The van der Waals surface area contributed by atoms with Gasteiger partial charge in [0.15, 0.2) is 0 Å². The van der Waals surface area contributed by atoms with Gasteiger partial charge in [-0.3, -0.25) is 0 Å². The smallest absolute Gasteiger partial charge is 0.135 e. The highest BCUT2D eigenvalue weighted by Crippen LogP contribution is 2.35. The van der Waals surface area contributed by atoms with Crippen LogP contribution in [0.1, 0.15) is 16.7 Å². The van der Waals surface area contributed by atoms with Crippen LogP contribution >= 0.6 is 0 Å². The van der Waals surface area contributed by atoms with Crippen LogP contribution in [0.3, 0.4) is 0 Å².